The second-order valence-corrected chi connectivity index (χ2v) is 2.97. The van der Waals surface area contributed by atoms with E-state index in [-0.39, 0.29) is 5.57 Å². The number of hydrogen-bond donors (Lipinski definition) is 2. The van der Waals surface area contributed by atoms with Gasteiger partial charge in [-0.1, -0.05) is 36.4 Å². The van der Waals surface area contributed by atoms with E-state index in [1.54, 1.807) is 18.2 Å². The van der Waals surface area contributed by atoms with Crippen molar-refractivity contribution in [1.82, 2.24) is 0 Å². The minimum atomic E-state index is -1.27. The Morgan fingerprint density at radius 1 is 1.25 bits per heavy atom. The zero-order chi connectivity index (χ0) is 12.7. The number of carbonyl (C=O) groups is 2. The van der Waals surface area contributed by atoms with Gasteiger partial charge >= 0.3 is 11.9 Å². The minimum absolute atomic E-state index is 0.198. The second-order valence-electron chi connectivity index (χ2n) is 2.97. The zero-order valence-electron chi connectivity index (χ0n) is 9.29. The first-order valence-corrected chi connectivity index (χ1v) is 4.48. The van der Waals surface area contributed by atoms with Gasteiger partial charge in [-0.15, -0.1) is 0 Å². The summed E-state index contributed by atoms with van der Waals surface area (Å²) >= 11 is 0. The van der Waals surface area contributed by atoms with Gasteiger partial charge in [0.05, 0.1) is 5.57 Å². The fourth-order valence-electron chi connectivity index (χ4n) is 1.06. The summed E-state index contributed by atoms with van der Waals surface area (Å²) in [6.45, 7) is 0. The Bertz CT molecular complexity index is 463. The highest BCUT2D eigenvalue weighted by Crippen LogP contribution is 2.05. The lowest BCUT2D eigenvalue weighted by molar-refractivity contribution is -0.134. The average Bonchev–Trinajstić information content (AvgIpc) is 2.34. The third kappa shape index (κ3) is 3.79. The molecule has 0 bridgehead atoms. The third-order valence-corrected chi connectivity index (χ3v) is 1.77. The Morgan fingerprint density at radius 3 is 2.50 bits per heavy atom. The molecule has 0 heterocycles. The molecule has 1 rings (SSSR count). The monoisotopic (exact) mass is 219 g/mol. The maximum absolute atomic E-state index is 11.1. The van der Waals surface area contributed by atoms with Crippen LogP contribution >= 0.6 is 0 Å². The predicted molar refractivity (Wildman–Crippen MR) is 58.8 cm³/mol. The first kappa shape index (κ1) is 10.2. The summed E-state index contributed by atoms with van der Waals surface area (Å²) in [6, 6.07) is 9.04. The topological polar surface area (TPSA) is 74.6 Å². The highest BCUT2D eigenvalue weighted by Gasteiger charge is 2.04. The molecule has 0 amide bonds. The standard InChI is InChI=1S/C12H10O4/c13-11(14)8-10(12(15)16)7-6-9-4-2-1-3-5-9/h1-8H,(H,13,14)(H,15,16)/b7-6+,10-8-/i/hD. The van der Waals surface area contributed by atoms with Crippen LogP contribution in [0.4, 0.5) is 0 Å². The summed E-state index contributed by atoms with van der Waals surface area (Å²) in [7, 11) is 0. The molecule has 0 saturated heterocycles. The van der Waals surface area contributed by atoms with E-state index < -0.39 is 11.9 Å². The molecule has 0 saturated carbocycles. The van der Waals surface area contributed by atoms with E-state index in [0.29, 0.717) is 6.08 Å². The van der Waals surface area contributed by atoms with Gasteiger partial charge in [-0.2, -0.15) is 0 Å². The van der Waals surface area contributed by atoms with Gasteiger partial charge in [-0.3, -0.25) is 0 Å². The van der Waals surface area contributed by atoms with Gasteiger partial charge in [0.25, 0.3) is 1.43 Å². The smallest absolute Gasteiger partial charge is 0.335 e. The molecule has 0 aliphatic carbocycles. The molecule has 0 spiro atoms. The van der Waals surface area contributed by atoms with Gasteiger partial charge in [-0.25, -0.2) is 9.59 Å². The average molecular weight is 219 g/mol. The quantitative estimate of drug-likeness (QED) is 0.598. The summed E-state index contributed by atoms with van der Waals surface area (Å²) in [5, 5.41) is 12.3. The van der Waals surface area contributed by atoms with E-state index in [0.717, 1.165) is 5.56 Å². The summed E-state index contributed by atoms with van der Waals surface area (Å²) < 4.78 is 6.45. The van der Waals surface area contributed by atoms with Gasteiger partial charge in [0, 0.05) is 6.08 Å². The Labute approximate surface area is 93.6 Å². The fraction of sp³-hybridized carbons (Fsp3) is 0. The van der Waals surface area contributed by atoms with E-state index in [2.05, 4.69) is 5.11 Å². The van der Waals surface area contributed by atoms with E-state index in [1.165, 1.54) is 6.08 Å². The van der Waals surface area contributed by atoms with Crippen LogP contribution in [0, 0.1) is 0 Å². The van der Waals surface area contributed by atoms with Crippen molar-refractivity contribution in [2.24, 2.45) is 0 Å². The molecule has 1 aromatic rings. The van der Waals surface area contributed by atoms with Crippen molar-refractivity contribution < 1.29 is 19.8 Å². The van der Waals surface area contributed by atoms with Crippen LogP contribution in [-0.2, 0) is 9.59 Å². The summed E-state index contributed by atoms with van der Waals surface area (Å²) in [6.07, 6.45) is 3.54. The van der Waals surface area contributed by atoms with E-state index in [1.807, 2.05) is 18.2 Å². The molecule has 0 aliphatic heterocycles. The number of carboxylic acids is 2. The van der Waals surface area contributed by atoms with Crippen molar-refractivity contribution in [3.05, 3.63) is 53.6 Å². The molecule has 0 aromatic heterocycles. The maximum Gasteiger partial charge on any atom is 0.335 e. The summed E-state index contributed by atoms with van der Waals surface area (Å²) in [5.74, 6) is -2.29. The maximum atomic E-state index is 11.1. The molecule has 1 aromatic carbocycles. The third-order valence-electron chi connectivity index (χ3n) is 1.77. The van der Waals surface area contributed by atoms with Gasteiger partial charge in [-0.05, 0) is 11.6 Å². The molecule has 4 nitrogen and oxygen atoms in total. The van der Waals surface area contributed by atoms with Gasteiger partial charge in [0.1, 0.15) is 0 Å². The Morgan fingerprint density at radius 2 is 1.94 bits per heavy atom. The second kappa shape index (κ2) is 5.50. The first-order valence-electron chi connectivity index (χ1n) is 4.89. The largest absolute Gasteiger partial charge is 0.478 e. The van der Waals surface area contributed by atoms with Gasteiger partial charge in [0.2, 0.25) is 0 Å². The van der Waals surface area contributed by atoms with Crippen LogP contribution in [0.15, 0.2) is 48.1 Å². The summed E-state index contributed by atoms with van der Waals surface area (Å²) in [4.78, 5) is 21.5. The lowest BCUT2D eigenvalue weighted by Crippen LogP contribution is -2.01. The van der Waals surface area contributed by atoms with Crippen LogP contribution in [0.25, 0.3) is 7.51 Å². The lowest BCUT2D eigenvalue weighted by atomic mass is 10.1. The number of rotatable bonds is 4. The Kier molecular flexibility index (Phi) is 3.50. The molecule has 0 aliphatic rings. The van der Waals surface area contributed by atoms with Crippen molar-refractivity contribution in [2.45, 2.75) is 0 Å². The molecule has 0 unspecified atom stereocenters. The van der Waals surface area contributed by atoms with Crippen molar-refractivity contribution >= 4 is 18.0 Å². The SMILES string of the molecule is [2H]OC(=O)C(=C\C(=O)O)/C=C/c1ccccc1. The first-order chi connectivity index (χ1) is 8.13. The highest BCUT2D eigenvalue weighted by molar-refractivity contribution is 5.97. The number of hydrogen-bond acceptors (Lipinski definition) is 3. The van der Waals surface area contributed by atoms with E-state index in [9.17, 15) is 9.59 Å². The van der Waals surface area contributed by atoms with Crippen LogP contribution in [0.2, 0.25) is 0 Å². The van der Waals surface area contributed by atoms with Gasteiger partial charge in [0.15, 0.2) is 0 Å². The van der Waals surface area contributed by atoms with Crippen molar-refractivity contribution in [3.8, 4) is 0 Å². The normalized spacial score (nSPS) is 12.2. The van der Waals surface area contributed by atoms with E-state index in [4.69, 9.17) is 6.54 Å². The molecule has 2 N–H and O–H groups in total. The Hall–Kier alpha value is -2.36. The van der Waals surface area contributed by atoms with Crippen molar-refractivity contribution in [1.29, 1.82) is 1.43 Å². The summed E-state index contributed by atoms with van der Waals surface area (Å²) in [5.41, 5.74) is 0.609. The minimum Gasteiger partial charge on any atom is -0.478 e. The van der Waals surface area contributed by atoms with Crippen LogP contribution in [-0.4, -0.2) is 22.2 Å². The molecule has 4 heteroatoms. The number of aliphatic carboxylic acids is 2. The van der Waals surface area contributed by atoms with Crippen LogP contribution in [0.1, 0.15) is 5.56 Å². The zero-order valence-corrected chi connectivity index (χ0v) is 8.29. The predicted octanol–water partition coefficient (Wildman–Crippen LogP) is 1.80. The fourth-order valence-corrected chi connectivity index (χ4v) is 1.06. The number of benzene rings is 1. The van der Waals surface area contributed by atoms with E-state index >= 15 is 0 Å². The molecule has 0 atom stereocenters. The number of carboxylic acid groups (broad SMARTS) is 2. The highest BCUT2D eigenvalue weighted by atomic mass is 16.4. The Balaban J connectivity index is 2.91. The molecular formula is C12H10O4. The molecule has 82 valence electrons. The molecule has 0 radical (unpaired) electrons. The van der Waals surface area contributed by atoms with Crippen molar-refractivity contribution in [3.63, 3.8) is 0 Å². The van der Waals surface area contributed by atoms with Crippen LogP contribution in [0.3, 0.4) is 0 Å². The van der Waals surface area contributed by atoms with Crippen LogP contribution in [0.5, 0.6) is 0 Å². The molecule has 0 fully saturated rings. The lowest BCUT2D eigenvalue weighted by Gasteiger charge is -1.94. The molecule has 16 heavy (non-hydrogen) atoms. The van der Waals surface area contributed by atoms with Crippen molar-refractivity contribution in [2.75, 3.05) is 0 Å². The molecular weight excluding hydrogens is 208 g/mol. The van der Waals surface area contributed by atoms with Gasteiger partial charge < -0.3 is 10.2 Å². The van der Waals surface area contributed by atoms with Crippen LogP contribution < -0.4 is 0 Å².